The average Bonchev–Trinajstić information content (AvgIpc) is 2.59. The second kappa shape index (κ2) is 8.54. The van der Waals surface area contributed by atoms with E-state index < -0.39 is 0 Å². The molecule has 1 aliphatic rings. The highest BCUT2D eigenvalue weighted by Gasteiger charge is 2.18. The van der Waals surface area contributed by atoms with Gasteiger partial charge in [0, 0.05) is 19.2 Å². The number of carbonyl (C=O) groups is 2. The lowest BCUT2D eigenvalue weighted by atomic mass is 9.90. The largest absolute Gasteiger partial charge is 0.374 e. The molecular weight excluding hydrogens is 278 g/mol. The van der Waals surface area contributed by atoms with Gasteiger partial charge in [0.2, 0.25) is 5.91 Å². The minimum absolute atomic E-state index is 0.0888. The van der Waals surface area contributed by atoms with Crippen molar-refractivity contribution in [2.24, 2.45) is 0 Å². The maximum atomic E-state index is 11.9. The first-order valence-electron chi connectivity index (χ1n) is 7.97. The second-order valence-electron chi connectivity index (χ2n) is 5.70. The Morgan fingerprint density at radius 2 is 2.18 bits per heavy atom. The van der Waals surface area contributed by atoms with Crippen molar-refractivity contribution in [2.75, 3.05) is 25.5 Å². The molecule has 5 nitrogen and oxygen atoms in total. The molecule has 0 aromatic heterocycles. The van der Waals surface area contributed by atoms with Crippen LogP contribution in [0.1, 0.15) is 37.2 Å². The quantitative estimate of drug-likeness (QED) is 0.670. The molecule has 1 aromatic rings. The first-order valence-corrected chi connectivity index (χ1v) is 7.97. The molecular formula is C17H25N3O2. The molecule has 1 aromatic carbocycles. The zero-order chi connectivity index (χ0) is 15.8. The third kappa shape index (κ3) is 4.56. The molecule has 0 aliphatic carbocycles. The van der Waals surface area contributed by atoms with Crippen LogP contribution in [-0.4, -0.2) is 38.4 Å². The van der Waals surface area contributed by atoms with E-state index in [-0.39, 0.29) is 11.9 Å². The van der Waals surface area contributed by atoms with Crippen LogP contribution in [0.4, 0.5) is 5.69 Å². The van der Waals surface area contributed by atoms with Gasteiger partial charge in [-0.2, -0.15) is 0 Å². The van der Waals surface area contributed by atoms with Crippen molar-refractivity contribution in [1.29, 1.82) is 0 Å². The molecule has 1 amide bonds. The van der Waals surface area contributed by atoms with Gasteiger partial charge < -0.3 is 20.7 Å². The highest BCUT2D eigenvalue weighted by atomic mass is 16.2. The zero-order valence-corrected chi connectivity index (χ0v) is 13.1. The third-order valence-corrected chi connectivity index (χ3v) is 4.17. The fourth-order valence-corrected chi connectivity index (χ4v) is 2.92. The van der Waals surface area contributed by atoms with E-state index in [1.807, 2.05) is 12.1 Å². The summed E-state index contributed by atoms with van der Waals surface area (Å²) in [6, 6.07) is 7.91. The van der Waals surface area contributed by atoms with Gasteiger partial charge in [0.25, 0.3) is 0 Å². The van der Waals surface area contributed by atoms with E-state index in [1.54, 1.807) is 7.05 Å². The third-order valence-electron chi connectivity index (χ3n) is 4.17. The predicted octanol–water partition coefficient (Wildman–Crippen LogP) is 1.66. The van der Waals surface area contributed by atoms with E-state index in [1.165, 1.54) is 5.56 Å². The summed E-state index contributed by atoms with van der Waals surface area (Å²) in [5.74, 6) is 0.491. The highest BCUT2D eigenvalue weighted by molar-refractivity contribution is 5.84. The Morgan fingerprint density at radius 1 is 1.41 bits per heavy atom. The maximum absolute atomic E-state index is 11.9. The summed E-state index contributed by atoms with van der Waals surface area (Å²) in [4.78, 5) is 22.5. The fourth-order valence-electron chi connectivity index (χ4n) is 2.92. The Hall–Kier alpha value is -1.88. The Morgan fingerprint density at radius 3 is 2.86 bits per heavy atom. The number of likely N-dealkylation sites (N-methyl/N-ethyl adjacent to an activating group) is 1. The lowest BCUT2D eigenvalue weighted by Crippen LogP contribution is -2.37. The van der Waals surface area contributed by atoms with Gasteiger partial charge >= 0.3 is 0 Å². The molecule has 0 bridgehead atoms. The van der Waals surface area contributed by atoms with Crippen molar-refractivity contribution in [2.45, 2.75) is 37.6 Å². The van der Waals surface area contributed by atoms with Crippen molar-refractivity contribution in [1.82, 2.24) is 10.6 Å². The topological polar surface area (TPSA) is 70.2 Å². The summed E-state index contributed by atoms with van der Waals surface area (Å²) in [5, 5.41) is 9.28. The van der Waals surface area contributed by atoms with Crippen LogP contribution in [0.25, 0.3) is 0 Å². The Kier molecular flexibility index (Phi) is 6.40. The van der Waals surface area contributed by atoms with Crippen molar-refractivity contribution in [3.63, 3.8) is 0 Å². The Bertz CT molecular complexity index is 498. The zero-order valence-electron chi connectivity index (χ0n) is 13.1. The van der Waals surface area contributed by atoms with E-state index >= 15 is 0 Å². The molecule has 1 atom stereocenters. The van der Waals surface area contributed by atoms with Crippen molar-refractivity contribution in [3.8, 4) is 0 Å². The van der Waals surface area contributed by atoms with Gasteiger partial charge in [-0.1, -0.05) is 12.1 Å². The van der Waals surface area contributed by atoms with Gasteiger partial charge in [-0.05, 0) is 56.0 Å². The smallest absolute Gasteiger partial charge is 0.242 e. The number of aldehydes is 1. The summed E-state index contributed by atoms with van der Waals surface area (Å²) in [6.45, 7) is 2.12. The molecule has 3 N–H and O–H groups in total. The number of amides is 1. The van der Waals surface area contributed by atoms with Crippen molar-refractivity contribution in [3.05, 3.63) is 29.8 Å². The monoisotopic (exact) mass is 303 g/mol. The van der Waals surface area contributed by atoms with Crippen LogP contribution in [0.2, 0.25) is 0 Å². The summed E-state index contributed by atoms with van der Waals surface area (Å²) < 4.78 is 0. The number of hydrogen-bond donors (Lipinski definition) is 3. The van der Waals surface area contributed by atoms with Gasteiger partial charge in [0.1, 0.15) is 12.3 Å². The van der Waals surface area contributed by atoms with E-state index in [9.17, 15) is 9.59 Å². The van der Waals surface area contributed by atoms with Gasteiger partial charge in [0.15, 0.2) is 0 Å². The average molecular weight is 303 g/mol. The predicted molar refractivity (Wildman–Crippen MR) is 88.1 cm³/mol. The first kappa shape index (κ1) is 16.5. The molecule has 22 heavy (non-hydrogen) atoms. The summed E-state index contributed by atoms with van der Waals surface area (Å²) >= 11 is 0. The van der Waals surface area contributed by atoms with Crippen molar-refractivity contribution < 1.29 is 9.59 Å². The number of hydrogen-bond acceptors (Lipinski definition) is 4. The fraction of sp³-hybridized carbons (Fsp3) is 0.529. The summed E-state index contributed by atoms with van der Waals surface area (Å²) in [5.41, 5.74) is 2.26. The van der Waals surface area contributed by atoms with E-state index in [0.717, 1.165) is 37.9 Å². The van der Waals surface area contributed by atoms with Gasteiger partial charge in [-0.25, -0.2) is 0 Å². The lowest BCUT2D eigenvalue weighted by molar-refractivity contribution is -0.121. The van der Waals surface area contributed by atoms with Crippen molar-refractivity contribution >= 4 is 17.9 Å². The number of carbonyl (C=O) groups excluding carboxylic acids is 2. The SMILES string of the molecule is CNC(=O)C(CCC=O)Nc1cccc(C2CCNCC2)c1. The molecule has 1 saturated heterocycles. The number of nitrogens with one attached hydrogen (secondary N) is 3. The van der Waals surface area contributed by atoms with E-state index in [2.05, 4.69) is 28.1 Å². The van der Waals surface area contributed by atoms with Crippen LogP contribution < -0.4 is 16.0 Å². The number of benzene rings is 1. The van der Waals surface area contributed by atoms with Crippen LogP contribution >= 0.6 is 0 Å². The molecule has 0 spiro atoms. The molecule has 0 radical (unpaired) electrons. The molecule has 1 fully saturated rings. The van der Waals surface area contributed by atoms with Crippen LogP contribution in [0.3, 0.4) is 0 Å². The van der Waals surface area contributed by atoms with Gasteiger partial charge in [-0.3, -0.25) is 4.79 Å². The normalized spacial score (nSPS) is 16.8. The van der Waals surface area contributed by atoms with Crippen LogP contribution in [0.15, 0.2) is 24.3 Å². The maximum Gasteiger partial charge on any atom is 0.242 e. The van der Waals surface area contributed by atoms with Gasteiger partial charge in [0.05, 0.1) is 0 Å². The first-order chi connectivity index (χ1) is 10.7. The lowest BCUT2D eigenvalue weighted by Gasteiger charge is -2.24. The molecule has 1 aliphatic heterocycles. The van der Waals surface area contributed by atoms with Gasteiger partial charge in [-0.15, -0.1) is 0 Å². The highest BCUT2D eigenvalue weighted by Crippen LogP contribution is 2.27. The molecule has 2 rings (SSSR count). The minimum Gasteiger partial charge on any atom is -0.374 e. The van der Waals surface area contributed by atoms with Crippen LogP contribution in [-0.2, 0) is 9.59 Å². The number of piperidine rings is 1. The number of rotatable bonds is 7. The van der Waals surface area contributed by atoms with E-state index in [4.69, 9.17) is 0 Å². The Labute approximate surface area is 131 Å². The van der Waals surface area contributed by atoms with E-state index in [0.29, 0.717) is 18.8 Å². The molecule has 5 heteroatoms. The molecule has 120 valence electrons. The summed E-state index contributed by atoms with van der Waals surface area (Å²) in [7, 11) is 1.61. The summed E-state index contributed by atoms with van der Waals surface area (Å²) in [6.07, 6.45) is 4.02. The minimum atomic E-state index is -0.376. The van der Waals surface area contributed by atoms with Crippen LogP contribution in [0.5, 0.6) is 0 Å². The molecule has 1 unspecified atom stereocenters. The standard InChI is InChI=1S/C17H25N3O2/c1-18-17(22)16(6-3-11-21)20-15-5-2-4-14(12-15)13-7-9-19-10-8-13/h2,4-5,11-13,16,19-20H,3,6-10H2,1H3,(H,18,22). The molecule has 1 heterocycles. The van der Waals surface area contributed by atoms with Crippen LogP contribution in [0, 0.1) is 0 Å². The Balaban J connectivity index is 2.06. The second-order valence-corrected chi connectivity index (χ2v) is 5.70. The molecule has 0 saturated carbocycles. The number of anilines is 1.